The average Bonchev–Trinajstić information content (AvgIpc) is 2.24. The predicted octanol–water partition coefficient (Wildman–Crippen LogP) is 3.52. The Morgan fingerprint density at radius 2 is 2.00 bits per heavy atom. The maximum absolute atomic E-state index is 11.1. The molecule has 1 aromatic carbocycles. The summed E-state index contributed by atoms with van der Waals surface area (Å²) in [7, 11) is 1.65. The highest BCUT2D eigenvalue weighted by atomic mass is 35.7. The van der Waals surface area contributed by atoms with E-state index in [0.717, 1.165) is 24.2 Å². The third kappa shape index (κ3) is 4.56. The van der Waals surface area contributed by atoms with E-state index in [1.165, 1.54) is 18.9 Å². The van der Waals surface area contributed by atoms with Gasteiger partial charge < -0.3 is 5.32 Å². The molecule has 5 heteroatoms. The van der Waals surface area contributed by atoms with Crippen LogP contribution in [0.2, 0.25) is 0 Å². The first-order valence-electron chi connectivity index (χ1n) is 5.74. The molecule has 3 nitrogen and oxygen atoms in total. The van der Waals surface area contributed by atoms with Crippen molar-refractivity contribution in [1.82, 2.24) is 0 Å². The van der Waals surface area contributed by atoms with Crippen LogP contribution < -0.4 is 5.32 Å². The van der Waals surface area contributed by atoms with Gasteiger partial charge in [0.1, 0.15) is 0 Å². The van der Waals surface area contributed by atoms with Crippen molar-refractivity contribution in [1.29, 1.82) is 0 Å². The molecule has 0 saturated carbocycles. The second-order valence-electron chi connectivity index (χ2n) is 4.05. The summed E-state index contributed by atoms with van der Waals surface area (Å²) in [6, 6.07) is 4.87. The molecule has 1 rings (SSSR count). The van der Waals surface area contributed by atoms with E-state index in [4.69, 9.17) is 10.7 Å². The van der Waals surface area contributed by atoms with E-state index in [2.05, 4.69) is 12.2 Å². The number of halogens is 1. The monoisotopic (exact) mass is 275 g/mol. The molecule has 0 spiro atoms. The number of hydrogen-bond donors (Lipinski definition) is 1. The van der Waals surface area contributed by atoms with Gasteiger partial charge in [-0.15, -0.1) is 0 Å². The molecule has 0 aliphatic rings. The molecular formula is C12H18ClNO2S. The zero-order valence-electron chi connectivity index (χ0n) is 10.2. The van der Waals surface area contributed by atoms with Gasteiger partial charge in [0.25, 0.3) is 9.05 Å². The molecule has 96 valence electrons. The Bertz CT molecular complexity index is 471. The summed E-state index contributed by atoms with van der Waals surface area (Å²) in [6.07, 6.45) is 3.50. The molecule has 0 radical (unpaired) electrons. The number of anilines is 1. The highest BCUT2D eigenvalue weighted by Crippen LogP contribution is 2.22. The molecule has 1 aromatic rings. The lowest BCUT2D eigenvalue weighted by Crippen LogP contribution is -2.03. The van der Waals surface area contributed by atoms with Crippen LogP contribution in [0.4, 0.5) is 5.69 Å². The molecule has 0 amide bonds. The van der Waals surface area contributed by atoms with E-state index in [1.54, 1.807) is 12.1 Å². The number of aryl methyl sites for hydroxylation is 1. The van der Waals surface area contributed by atoms with Crippen molar-refractivity contribution in [3.8, 4) is 0 Å². The smallest absolute Gasteiger partial charge is 0.261 e. The number of unbranched alkanes of at least 4 members (excludes halogenated alkanes) is 2. The van der Waals surface area contributed by atoms with Gasteiger partial charge in [-0.1, -0.05) is 19.8 Å². The van der Waals surface area contributed by atoms with Crippen molar-refractivity contribution in [2.24, 2.45) is 0 Å². The number of benzene rings is 1. The standard InChI is InChI=1S/C12H18ClNO2S/c1-3-4-5-8-14-12-7-6-11(9-10(12)2)17(13,15)16/h6-7,9,14H,3-5,8H2,1-2H3. The second-order valence-corrected chi connectivity index (χ2v) is 6.61. The van der Waals surface area contributed by atoms with E-state index in [-0.39, 0.29) is 4.90 Å². The fourth-order valence-corrected chi connectivity index (χ4v) is 2.42. The topological polar surface area (TPSA) is 46.2 Å². The van der Waals surface area contributed by atoms with Crippen LogP contribution in [0.5, 0.6) is 0 Å². The van der Waals surface area contributed by atoms with Crippen LogP contribution in [-0.4, -0.2) is 15.0 Å². The highest BCUT2D eigenvalue weighted by molar-refractivity contribution is 8.13. The lowest BCUT2D eigenvalue weighted by molar-refractivity contribution is 0.609. The molecule has 0 heterocycles. The van der Waals surface area contributed by atoms with Crippen molar-refractivity contribution in [3.05, 3.63) is 23.8 Å². The summed E-state index contributed by atoms with van der Waals surface area (Å²) in [5.41, 5.74) is 1.85. The molecule has 0 bridgehead atoms. The number of hydrogen-bond acceptors (Lipinski definition) is 3. The summed E-state index contributed by atoms with van der Waals surface area (Å²) in [6.45, 7) is 4.93. The summed E-state index contributed by atoms with van der Waals surface area (Å²) >= 11 is 0. The van der Waals surface area contributed by atoms with Crippen LogP contribution in [0.3, 0.4) is 0 Å². The Kier molecular flexibility index (Phi) is 5.28. The van der Waals surface area contributed by atoms with Crippen molar-refractivity contribution in [2.75, 3.05) is 11.9 Å². The third-order valence-corrected chi connectivity index (χ3v) is 3.93. The molecule has 0 aromatic heterocycles. The van der Waals surface area contributed by atoms with Crippen LogP contribution in [0.25, 0.3) is 0 Å². The first-order chi connectivity index (χ1) is 7.95. The number of rotatable bonds is 6. The molecule has 17 heavy (non-hydrogen) atoms. The predicted molar refractivity (Wildman–Crippen MR) is 72.2 cm³/mol. The number of nitrogens with one attached hydrogen (secondary N) is 1. The third-order valence-electron chi connectivity index (χ3n) is 2.58. The van der Waals surface area contributed by atoms with Crippen LogP contribution in [0, 0.1) is 6.92 Å². The van der Waals surface area contributed by atoms with Gasteiger partial charge in [-0.25, -0.2) is 8.42 Å². The van der Waals surface area contributed by atoms with Crippen LogP contribution in [0.15, 0.2) is 23.1 Å². The summed E-state index contributed by atoms with van der Waals surface area (Å²) in [5.74, 6) is 0. The zero-order valence-corrected chi connectivity index (χ0v) is 11.7. The minimum Gasteiger partial charge on any atom is -0.385 e. The summed E-state index contributed by atoms with van der Waals surface area (Å²) in [5, 5.41) is 3.29. The Morgan fingerprint density at radius 1 is 1.29 bits per heavy atom. The molecule has 0 fully saturated rings. The van der Waals surface area contributed by atoms with E-state index in [1.807, 2.05) is 6.92 Å². The zero-order chi connectivity index (χ0) is 12.9. The van der Waals surface area contributed by atoms with Gasteiger partial charge >= 0.3 is 0 Å². The van der Waals surface area contributed by atoms with Crippen LogP contribution in [-0.2, 0) is 9.05 Å². The largest absolute Gasteiger partial charge is 0.385 e. The van der Waals surface area contributed by atoms with Gasteiger partial charge in [0.2, 0.25) is 0 Å². The Morgan fingerprint density at radius 3 is 2.53 bits per heavy atom. The van der Waals surface area contributed by atoms with Gasteiger partial charge in [0.05, 0.1) is 4.90 Å². The van der Waals surface area contributed by atoms with Crippen LogP contribution >= 0.6 is 10.7 Å². The van der Waals surface area contributed by atoms with Crippen molar-refractivity contribution in [2.45, 2.75) is 38.0 Å². The Hall–Kier alpha value is -0.740. The fourth-order valence-electron chi connectivity index (χ4n) is 1.58. The quantitative estimate of drug-likeness (QED) is 0.638. The Balaban J connectivity index is 2.70. The van der Waals surface area contributed by atoms with Gasteiger partial charge in [-0.05, 0) is 37.1 Å². The molecular weight excluding hydrogens is 258 g/mol. The first-order valence-corrected chi connectivity index (χ1v) is 8.05. The van der Waals surface area contributed by atoms with Crippen molar-refractivity contribution in [3.63, 3.8) is 0 Å². The first kappa shape index (κ1) is 14.3. The molecule has 0 unspecified atom stereocenters. The van der Waals surface area contributed by atoms with E-state index < -0.39 is 9.05 Å². The summed E-state index contributed by atoms with van der Waals surface area (Å²) in [4.78, 5) is 0.149. The second kappa shape index (κ2) is 6.26. The van der Waals surface area contributed by atoms with E-state index in [0.29, 0.717) is 0 Å². The molecule has 0 aliphatic carbocycles. The van der Waals surface area contributed by atoms with E-state index >= 15 is 0 Å². The van der Waals surface area contributed by atoms with Crippen molar-refractivity contribution >= 4 is 25.4 Å². The fraction of sp³-hybridized carbons (Fsp3) is 0.500. The van der Waals surface area contributed by atoms with Gasteiger partial charge in [-0.3, -0.25) is 0 Å². The highest BCUT2D eigenvalue weighted by Gasteiger charge is 2.10. The SMILES string of the molecule is CCCCCNc1ccc(S(=O)(=O)Cl)cc1C. The van der Waals surface area contributed by atoms with Crippen LogP contribution in [0.1, 0.15) is 31.7 Å². The lowest BCUT2D eigenvalue weighted by atomic mass is 10.2. The summed E-state index contributed by atoms with van der Waals surface area (Å²) < 4.78 is 22.3. The lowest BCUT2D eigenvalue weighted by Gasteiger charge is -2.10. The minimum absolute atomic E-state index is 0.149. The normalized spacial score (nSPS) is 11.5. The molecule has 1 N–H and O–H groups in total. The van der Waals surface area contributed by atoms with E-state index in [9.17, 15) is 8.42 Å². The molecule has 0 atom stereocenters. The average molecular weight is 276 g/mol. The van der Waals surface area contributed by atoms with Gasteiger partial charge in [0, 0.05) is 22.9 Å². The molecule has 0 saturated heterocycles. The Labute approximate surface area is 108 Å². The maximum atomic E-state index is 11.1. The molecule has 0 aliphatic heterocycles. The van der Waals surface area contributed by atoms with Gasteiger partial charge in [0.15, 0.2) is 0 Å². The minimum atomic E-state index is -3.63. The van der Waals surface area contributed by atoms with Gasteiger partial charge in [-0.2, -0.15) is 0 Å². The van der Waals surface area contributed by atoms with Crippen molar-refractivity contribution < 1.29 is 8.42 Å². The maximum Gasteiger partial charge on any atom is 0.261 e.